The number of alkyl halides is 2. The second-order valence-electron chi connectivity index (χ2n) is 3.62. The molecule has 18 heavy (non-hydrogen) atoms. The van der Waals surface area contributed by atoms with Crippen molar-refractivity contribution in [3.8, 4) is 0 Å². The average molecular weight is 279 g/mol. The predicted molar refractivity (Wildman–Crippen MR) is 61.6 cm³/mol. The van der Waals surface area contributed by atoms with Crippen LogP contribution in [0.1, 0.15) is 5.56 Å². The molecule has 3 nitrogen and oxygen atoms in total. The Morgan fingerprint density at radius 2 is 2.06 bits per heavy atom. The number of benzene rings is 1. The molecule has 2 N–H and O–H groups in total. The lowest BCUT2D eigenvalue weighted by molar-refractivity contribution is 0.105. The fourth-order valence-corrected chi connectivity index (χ4v) is 2.52. The van der Waals surface area contributed by atoms with E-state index in [9.17, 15) is 21.6 Å². The first kappa shape index (κ1) is 14.7. The van der Waals surface area contributed by atoms with Gasteiger partial charge in [0.1, 0.15) is 0 Å². The third-order valence-corrected chi connectivity index (χ3v) is 3.96. The topological polar surface area (TPSA) is 60.2 Å². The van der Waals surface area contributed by atoms with Crippen LogP contribution in [-0.4, -0.2) is 20.2 Å². The first-order valence-electron chi connectivity index (χ1n) is 4.99. The number of rotatable bonds is 4. The SMILES string of the molecule is Cc1cccc(S(=O)(=O)C(F)(F)/C(F)=C/CN)c1. The number of halogens is 3. The monoisotopic (exact) mass is 279 g/mol. The summed E-state index contributed by atoms with van der Waals surface area (Å²) in [5, 5.41) is -4.61. The summed E-state index contributed by atoms with van der Waals surface area (Å²) in [4.78, 5) is -0.631. The maximum atomic E-state index is 13.5. The third-order valence-electron chi connectivity index (χ3n) is 2.21. The van der Waals surface area contributed by atoms with E-state index in [1.807, 2.05) is 0 Å². The second-order valence-corrected chi connectivity index (χ2v) is 5.62. The fourth-order valence-electron chi connectivity index (χ4n) is 1.28. The van der Waals surface area contributed by atoms with Gasteiger partial charge in [-0.3, -0.25) is 0 Å². The molecule has 0 saturated carbocycles. The van der Waals surface area contributed by atoms with E-state index in [2.05, 4.69) is 0 Å². The molecule has 1 aromatic rings. The molecule has 0 saturated heterocycles. The number of sulfone groups is 1. The van der Waals surface area contributed by atoms with Crippen molar-refractivity contribution in [1.82, 2.24) is 0 Å². The Morgan fingerprint density at radius 1 is 1.44 bits per heavy atom. The molecule has 0 aliphatic carbocycles. The van der Waals surface area contributed by atoms with Gasteiger partial charge in [0.15, 0.2) is 5.83 Å². The maximum absolute atomic E-state index is 13.5. The molecule has 100 valence electrons. The van der Waals surface area contributed by atoms with Gasteiger partial charge in [-0.05, 0) is 30.7 Å². The van der Waals surface area contributed by atoms with Gasteiger partial charge in [0.05, 0.1) is 4.90 Å². The largest absolute Gasteiger partial charge is 0.400 e. The second kappa shape index (κ2) is 5.11. The Hall–Kier alpha value is -1.34. The van der Waals surface area contributed by atoms with Crippen molar-refractivity contribution >= 4 is 9.84 Å². The van der Waals surface area contributed by atoms with Crippen LogP contribution < -0.4 is 5.73 Å². The number of aryl methyl sites for hydroxylation is 1. The molecule has 0 aliphatic heterocycles. The van der Waals surface area contributed by atoms with E-state index in [4.69, 9.17) is 5.73 Å². The van der Waals surface area contributed by atoms with E-state index in [0.29, 0.717) is 11.6 Å². The maximum Gasteiger partial charge on any atom is 0.400 e. The first-order chi connectivity index (χ1) is 8.23. The highest BCUT2D eigenvalue weighted by atomic mass is 32.2. The quantitative estimate of drug-likeness (QED) is 0.919. The van der Waals surface area contributed by atoms with E-state index >= 15 is 0 Å². The molecular formula is C11H12F3NO2S. The van der Waals surface area contributed by atoms with Gasteiger partial charge in [-0.1, -0.05) is 12.1 Å². The van der Waals surface area contributed by atoms with Crippen molar-refractivity contribution < 1.29 is 21.6 Å². The molecule has 0 amide bonds. The van der Waals surface area contributed by atoms with Crippen molar-refractivity contribution in [2.45, 2.75) is 17.1 Å². The predicted octanol–water partition coefficient (Wildman–Crippen LogP) is 2.17. The minimum Gasteiger partial charge on any atom is -0.327 e. The zero-order chi connectivity index (χ0) is 14.0. The van der Waals surface area contributed by atoms with Crippen LogP contribution in [0.25, 0.3) is 0 Å². The Kier molecular flexibility index (Phi) is 4.18. The molecule has 1 aromatic carbocycles. The molecule has 0 aliphatic rings. The molecule has 0 bridgehead atoms. The molecule has 0 fully saturated rings. The molecule has 0 radical (unpaired) electrons. The lowest BCUT2D eigenvalue weighted by Gasteiger charge is -2.15. The Bertz CT molecular complexity index is 567. The summed E-state index contributed by atoms with van der Waals surface area (Å²) in [6.07, 6.45) is 0.341. The lowest BCUT2D eigenvalue weighted by atomic mass is 10.2. The van der Waals surface area contributed by atoms with Crippen molar-refractivity contribution in [3.05, 3.63) is 41.7 Å². The van der Waals surface area contributed by atoms with Crippen LogP contribution in [0, 0.1) is 6.92 Å². The Morgan fingerprint density at radius 3 is 2.56 bits per heavy atom. The zero-order valence-corrected chi connectivity index (χ0v) is 10.3. The summed E-state index contributed by atoms with van der Waals surface area (Å²) in [5.41, 5.74) is 5.37. The molecule has 7 heteroatoms. The summed E-state index contributed by atoms with van der Waals surface area (Å²) in [5.74, 6) is -2.06. The van der Waals surface area contributed by atoms with Crippen molar-refractivity contribution in [2.24, 2.45) is 5.73 Å². The van der Waals surface area contributed by atoms with Gasteiger partial charge >= 0.3 is 5.25 Å². The zero-order valence-electron chi connectivity index (χ0n) is 9.53. The van der Waals surface area contributed by atoms with E-state index in [-0.39, 0.29) is 0 Å². The van der Waals surface area contributed by atoms with Crippen LogP contribution in [0.4, 0.5) is 13.2 Å². The number of hydrogen-bond acceptors (Lipinski definition) is 3. The lowest BCUT2D eigenvalue weighted by Crippen LogP contribution is -2.30. The highest BCUT2D eigenvalue weighted by molar-refractivity contribution is 7.92. The van der Waals surface area contributed by atoms with Crippen LogP contribution in [0.15, 0.2) is 41.1 Å². The first-order valence-corrected chi connectivity index (χ1v) is 6.47. The van der Waals surface area contributed by atoms with Crippen LogP contribution in [-0.2, 0) is 9.84 Å². The van der Waals surface area contributed by atoms with Crippen molar-refractivity contribution in [1.29, 1.82) is 0 Å². The molecule has 0 heterocycles. The van der Waals surface area contributed by atoms with E-state index in [0.717, 1.165) is 12.1 Å². The average Bonchev–Trinajstić information content (AvgIpc) is 2.29. The van der Waals surface area contributed by atoms with Crippen LogP contribution in [0.2, 0.25) is 0 Å². The van der Waals surface area contributed by atoms with E-state index < -0.39 is 32.4 Å². The van der Waals surface area contributed by atoms with Crippen LogP contribution >= 0.6 is 0 Å². The van der Waals surface area contributed by atoms with Gasteiger partial charge in [0.25, 0.3) is 9.84 Å². The van der Waals surface area contributed by atoms with Crippen molar-refractivity contribution in [3.63, 3.8) is 0 Å². The fraction of sp³-hybridized carbons (Fsp3) is 0.273. The third kappa shape index (κ3) is 2.56. The van der Waals surface area contributed by atoms with Crippen LogP contribution in [0.3, 0.4) is 0 Å². The highest BCUT2D eigenvalue weighted by Gasteiger charge is 2.50. The van der Waals surface area contributed by atoms with Gasteiger partial charge in [0, 0.05) is 6.54 Å². The van der Waals surface area contributed by atoms with Gasteiger partial charge in [0.2, 0.25) is 0 Å². The molecule has 0 spiro atoms. The van der Waals surface area contributed by atoms with Gasteiger partial charge in [-0.25, -0.2) is 12.8 Å². The molecule has 0 atom stereocenters. The smallest absolute Gasteiger partial charge is 0.327 e. The summed E-state index contributed by atoms with van der Waals surface area (Å²) in [6, 6.07) is 4.90. The van der Waals surface area contributed by atoms with Gasteiger partial charge in [-0.2, -0.15) is 8.78 Å². The molecular weight excluding hydrogens is 267 g/mol. The molecule has 1 rings (SSSR count). The number of nitrogens with two attached hydrogens (primary N) is 1. The summed E-state index contributed by atoms with van der Waals surface area (Å²) in [6.45, 7) is 1.04. The molecule has 0 unspecified atom stereocenters. The highest BCUT2D eigenvalue weighted by Crippen LogP contribution is 2.36. The number of hydrogen-bond donors (Lipinski definition) is 1. The minimum absolute atomic E-state index is 0.341. The Labute approximate surface area is 103 Å². The summed E-state index contributed by atoms with van der Waals surface area (Å²) < 4.78 is 63.4. The standard InChI is InChI=1S/C11H12F3NO2S/c1-8-3-2-4-9(7-8)18(16,17)11(13,14)10(12)5-6-15/h2-5,7H,6,15H2,1H3/b10-5-. The van der Waals surface area contributed by atoms with Gasteiger partial charge < -0.3 is 5.73 Å². The van der Waals surface area contributed by atoms with E-state index in [1.165, 1.54) is 6.07 Å². The van der Waals surface area contributed by atoms with E-state index in [1.54, 1.807) is 13.0 Å². The Balaban J connectivity index is 3.34. The minimum atomic E-state index is -5.11. The van der Waals surface area contributed by atoms with Crippen LogP contribution in [0.5, 0.6) is 0 Å². The normalized spacial score (nSPS) is 13.7. The summed E-state index contributed by atoms with van der Waals surface area (Å²) >= 11 is 0. The molecule has 0 aromatic heterocycles. The van der Waals surface area contributed by atoms with Crippen molar-refractivity contribution in [2.75, 3.05) is 6.54 Å². The summed E-state index contributed by atoms with van der Waals surface area (Å²) in [7, 11) is -5.11. The van der Waals surface area contributed by atoms with Gasteiger partial charge in [-0.15, -0.1) is 0 Å².